The first-order valence-electron chi connectivity index (χ1n) is 6.30. The number of nitrogens with one attached hydrogen (secondary N) is 3. The Morgan fingerprint density at radius 1 is 1.53 bits per heavy atom. The molecule has 1 unspecified atom stereocenters. The number of aromatic nitrogens is 2. The van der Waals surface area contributed by atoms with E-state index in [4.69, 9.17) is 5.11 Å². The number of urea groups is 1. The van der Waals surface area contributed by atoms with Gasteiger partial charge in [-0.1, -0.05) is 6.92 Å². The topological polar surface area (TPSA) is 107 Å². The summed E-state index contributed by atoms with van der Waals surface area (Å²) in [6, 6.07) is -1.28. The third-order valence-electron chi connectivity index (χ3n) is 2.85. The molecule has 1 atom stereocenters. The Morgan fingerprint density at radius 2 is 2.26 bits per heavy atom. The highest BCUT2D eigenvalue weighted by Crippen LogP contribution is 2.04. The molecular formula is C12H20N4O3. The number of H-pyrrole nitrogens is 1. The first kappa shape index (κ1) is 15.0. The molecule has 1 aromatic rings. The van der Waals surface area contributed by atoms with Gasteiger partial charge in [-0.25, -0.2) is 9.59 Å². The summed E-state index contributed by atoms with van der Waals surface area (Å²) in [6.07, 6.45) is 3.72. The third kappa shape index (κ3) is 4.99. The molecule has 19 heavy (non-hydrogen) atoms. The molecule has 0 aliphatic rings. The van der Waals surface area contributed by atoms with Gasteiger partial charge in [-0.2, -0.15) is 5.10 Å². The SMILES string of the molecule is CCC(NC(=O)NCCCc1cn[nH]c1C)C(=O)O. The highest BCUT2D eigenvalue weighted by atomic mass is 16.4. The number of aryl methyl sites for hydroxylation is 2. The van der Waals surface area contributed by atoms with Crippen molar-refractivity contribution in [3.05, 3.63) is 17.5 Å². The Balaban J connectivity index is 2.20. The third-order valence-corrected chi connectivity index (χ3v) is 2.85. The molecule has 4 N–H and O–H groups in total. The second kappa shape index (κ2) is 7.40. The molecule has 0 bridgehead atoms. The molecular weight excluding hydrogens is 248 g/mol. The van der Waals surface area contributed by atoms with E-state index < -0.39 is 18.0 Å². The van der Waals surface area contributed by atoms with E-state index >= 15 is 0 Å². The largest absolute Gasteiger partial charge is 0.480 e. The van der Waals surface area contributed by atoms with E-state index in [0.29, 0.717) is 13.0 Å². The highest BCUT2D eigenvalue weighted by Gasteiger charge is 2.16. The van der Waals surface area contributed by atoms with Gasteiger partial charge in [0.25, 0.3) is 0 Å². The Hall–Kier alpha value is -2.05. The number of carboxylic acids is 1. The summed E-state index contributed by atoms with van der Waals surface area (Å²) in [5.41, 5.74) is 2.15. The fraction of sp³-hybridized carbons (Fsp3) is 0.583. The zero-order valence-electron chi connectivity index (χ0n) is 11.2. The Bertz CT molecular complexity index is 430. The van der Waals surface area contributed by atoms with Crippen LogP contribution in [-0.4, -0.2) is 39.9 Å². The second-order valence-electron chi connectivity index (χ2n) is 4.32. The van der Waals surface area contributed by atoms with Crippen LogP contribution in [-0.2, 0) is 11.2 Å². The first-order valence-corrected chi connectivity index (χ1v) is 6.30. The maximum absolute atomic E-state index is 11.4. The minimum atomic E-state index is -1.02. The summed E-state index contributed by atoms with van der Waals surface area (Å²) < 4.78 is 0. The normalized spacial score (nSPS) is 11.9. The zero-order chi connectivity index (χ0) is 14.3. The molecule has 0 saturated carbocycles. The fourth-order valence-corrected chi connectivity index (χ4v) is 1.66. The summed E-state index contributed by atoms with van der Waals surface area (Å²) in [6.45, 7) is 4.15. The number of hydrogen-bond acceptors (Lipinski definition) is 3. The van der Waals surface area contributed by atoms with Crippen LogP contribution >= 0.6 is 0 Å². The molecule has 0 spiro atoms. The Morgan fingerprint density at radius 3 is 2.79 bits per heavy atom. The van der Waals surface area contributed by atoms with Crippen molar-refractivity contribution in [2.75, 3.05) is 6.54 Å². The maximum Gasteiger partial charge on any atom is 0.326 e. The van der Waals surface area contributed by atoms with E-state index in [0.717, 1.165) is 24.1 Å². The zero-order valence-corrected chi connectivity index (χ0v) is 11.2. The Labute approximate surface area is 111 Å². The number of amides is 2. The first-order chi connectivity index (χ1) is 9.04. The van der Waals surface area contributed by atoms with Gasteiger partial charge >= 0.3 is 12.0 Å². The van der Waals surface area contributed by atoms with Gasteiger partial charge in [0.1, 0.15) is 6.04 Å². The van der Waals surface area contributed by atoms with E-state index in [-0.39, 0.29) is 0 Å². The molecule has 0 saturated heterocycles. The van der Waals surface area contributed by atoms with Gasteiger partial charge in [-0.3, -0.25) is 5.10 Å². The van der Waals surface area contributed by atoms with Crippen molar-refractivity contribution < 1.29 is 14.7 Å². The molecule has 7 heteroatoms. The van der Waals surface area contributed by atoms with Crippen molar-refractivity contribution in [1.82, 2.24) is 20.8 Å². The minimum absolute atomic E-state index is 0.358. The van der Waals surface area contributed by atoms with Crippen LogP contribution < -0.4 is 10.6 Å². The van der Waals surface area contributed by atoms with E-state index in [2.05, 4.69) is 20.8 Å². The van der Waals surface area contributed by atoms with E-state index in [1.165, 1.54) is 0 Å². The number of aliphatic carboxylic acids is 1. The van der Waals surface area contributed by atoms with Gasteiger partial charge in [-0.05, 0) is 31.7 Å². The Kier molecular flexibility index (Phi) is 5.84. The summed E-state index contributed by atoms with van der Waals surface area (Å²) >= 11 is 0. The molecule has 0 aliphatic heterocycles. The number of nitrogens with zero attached hydrogens (tertiary/aromatic N) is 1. The maximum atomic E-state index is 11.4. The van der Waals surface area contributed by atoms with Crippen LogP contribution in [0.3, 0.4) is 0 Å². The van der Waals surface area contributed by atoms with Crippen molar-refractivity contribution in [2.24, 2.45) is 0 Å². The predicted octanol–water partition coefficient (Wildman–Crippen LogP) is 0.813. The van der Waals surface area contributed by atoms with Crippen LogP contribution in [0.5, 0.6) is 0 Å². The molecule has 0 aromatic carbocycles. The van der Waals surface area contributed by atoms with Crippen molar-refractivity contribution in [2.45, 2.75) is 39.2 Å². The number of carbonyl (C=O) groups excluding carboxylic acids is 1. The van der Waals surface area contributed by atoms with E-state index in [1.807, 2.05) is 6.92 Å². The number of aromatic amines is 1. The summed E-state index contributed by atoms with van der Waals surface area (Å²) in [7, 11) is 0. The van der Waals surface area contributed by atoms with Gasteiger partial charge in [0.2, 0.25) is 0 Å². The summed E-state index contributed by atoms with van der Waals surface area (Å²) in [5, 5.41) is 20.6. The molecule has 106 valence electrons. The van der Waals surface area contributed by atoms with Crippen LogP contribution in [0.2, 0.25) is 0 Å². The van der Waals surface area contributed by atoms with Crippen LogP contribution in [0.15, 0.2) is 6.20 Å². The number of rotatable bonds is 7. The van der Waals surface area contributed by atoms with Gasteiger partial charge < -0.3 is 15.7 Å². The number of carboxylic acid groups (broad SMARTS) is 1. The summed E-state index contributed by atoms with van der Waals surface area (Å²) in [4.78, 5) is 22.2. The van der Waals surface area contributed by atoms with Crippen LogP contribution in [0.25, 0.3) is 0 Å². The average Bonchev–Trinajstić information content (AvgIpc) is 2.77. The lowest BCUT2D eigenvalue weighted by molar-refractivity contribution is -0.139. The molecule has 1 heterocycles. The lowest BCUT2D eigenvalue weighted by Crippen LogP contribution is -2.45. The van der Waals surface area contributed by atoms with Crippen LogP contribution in [0.4, 0.5) is 4.79 Å². The summed E-state index contributed by atoms with van der Waals surface area (Å²) in [5.74, 6) is -1.02. The lowest BCUT2D eigenvalue weighted by Gasteiger charge is -2.13. The molecule has 7 nitrogen and oxygen atoms in total. The van der Waals surface area contributed by atoms with Crippen LogP contribution in [0, 0.1) is 6.92 Å². The predicted molar refractivity (Wildman–Crippen MR) is 69.9 cm³/mol. The van der Waals surface area contributed by atoms with E-state index in [9.17, 15) is 9.59 Å². The van der Waals surface area contributed by atoms with Gasteiger partial charge in [0.15, 0.2) is 0 Å². The minimum Gasteiger partial charge on any atom is -0.480 e. The molecule has 0 fully saturated rings. The smallest absolute Gasteiger partial charge is 0.326 e. The molecule has 0 aliphatic carbocycles. The second-order valence-corrected chi connectivity index (χ2v) is 4.32. The van der Waals surface area contributed by atoms with Crippen molar-refractivity contribution in [1.29, 1.82) is 0 Å². The average molecular weight is 268 g/mol. The number of carbonyl (C=O) groups is 2. The van der Waals surface area contributed by atoms with Gasteiger partial charge in [0, 0.05) is 12.2 Å². The lowest BCUT2D eigenvalue weighted by atomic mass is 10.1. The quantitative estimate of drug-likeness (QED) is 0.549. The fourth-order valence-electron chi connectivity index (χ4n) is 1.66. The van der Waals surface area contributed by atoms with Crippen molar-refractivity contribution >= 4 is 12.0 Å². The standard InChI is InChI=1S/C12H20N4O3/c1-3-10(11(17)18)15-12(19)13-6-4-5-9-7-14-16-8(9)2/h7,10H,3-6H2,1-2H3,(H,14,16)(H,17,18)(H2,13,15,19). The van der Waals surface area contributed by atoms with Gasteiger partial charge in [-0.15, -0.1) is 0 Å². The van der Waals surface area contributed by atoms with Crippen molar-refractivity contribution in [3.63, 3.8) is 0 Å². The number of hydrogen-bond donors (Lipinski definition) is 4. The molecule has 0 radical (unpaired) electrons. The van der Waals surface area contributed by atoms with Crippen LogP contribution in [0.1, 0.15) is 31.0 Å². The monoisotopic (exact) mass is 268 g/mol. The molecule has 1 aromatic heterocycles. The van der Waals surface area contributed by atoms with E-state index in [1.54, 1.807) is 13.1 Å². The van der Waals surface area contributed by atoms with Gasteiger partial charge in [0.05, 0.1) is 6.20 Å². The molecule has 1 rings (SSSR count). The molecule has 2 amide bonds. The van der Waals surface area contributed by atoms with Crippen molar-refractivity contribution in [3.8, 4) is 0 Å². The highest BCUT2D eigenvalue weighted by molar-refractivity contribution is 5.82.